The van der Waals surface area contributed by atoms with Crippen LogP contribution in [0.25, 0.3) is 0 Å². The lowest BCUT2D eigenvalue weighted by Crippen LogP contribution is -2.24. The zero-order valence-electron chi connectivity index (χ0n) is 8.72. The lowest BCUT2D eigenvalue weighted by atomic mass is 10.1. The Bertz CT molecular complexity index is 493. The van der Waals surface area contributed by atoms with Crippen molar-refractivity contribution in [3.8, 4) is 0 Å². The maximum atomic E-state index is 13.0. The van der Waals surface area contributed by atoms with Crippen LogP contribution in [0.3, 0.4) is 0 Å². The van der Waals surface area contributed by atoms with E-state index in [9.17, 15) is 18.0 Å². The van der Waals surface area contributed by atoms with Gasteiger partial charge in [-0.3, -0.25) is 15.1 Å². The molecular formula is C10H8F3N3O. The van der Waals surface area contributed by atoms with Crippen LogP contribution in [-0.2, 0) is 4.79 Å². The molecule has 1 atom stereocenters. The molecule has 0 radical (unpaired) electrons. The van der Waals surface area contributed by atoms with Crippen LogP contribution in [0.1, 0.15) is 11.6 Å². The van der Waals surface area contributed by atoms with E-state index in [1.165, 1.54) is 7.05 Å². The largest absolute Gasteiger partial charge is 0.340 e. The van der Waals surface area contributed by atoms with Crippen molar-refractivity contribution >= 4 is 11.9 Å². The van der Waals surface area contributed by atoms with Gasteiger partial charge in [0, 0.05) is 7.05 Å². The van der Waals surface area contributed by atoms with E-state index < -0.39 is 29.4 Å². The third-order valence-electron chi connectivity index (χ3n) is 2.35. The van der Waals surface area contributed by atoms with Crippen LogP contribution in [0.4, 0.5) is 13.2 Å². The topological polar surface area (TPSA) is 53.5 Å². The van der Waals surface area contributed by atoms with E-state index in [1.54, 1.807) is 0 Å². The number of carbonyl (C=O) groups is 1. The second kappa shape index (κ2) is 4.08. The van der Waals surface area contributed by atoms with Gasteiger partial charge in [0.15, 0.2) is 23.4 Å². The molecule has 17 heavy (non-hydrogen) atoms. The van der Waals surface area contributed by atoms with Crippen LogP contribution in [0, 0.1) is 17.5 Å². The quantitative estimate of drug-likeness (QED) is 0.718. The summed E-state index contributed by atoms with van der Waals surface area (Å²) in [6, 6.07) is 0.570. The molecule has 7 heteroatoms. The molecule has 1 amide bonds. The van der Waals surface area contributed by atoms with Gasteiger partial charge >= 0.3 is 0 Å². The van der Waals surface area contributed by atoms with Crippen LogP contribution in [0.15, 0.2) is 17.1 Å². The Balaban J connectivity index is 2.39. The molecule has 0 bridgehead atoms. The van der Waals surface area contributed by atoms with Gasteiger partial charge in [-0.15, -0.1) is 0 Å². The summed E-state index contributed by atoms with van der Waals surface area (Å²) in [5.74, 6) is -4.54. The third kappa shape index (κ3) is 1.95. The minimum Gasteiger partial charge on any atom is -0.340 e. The van der Waals surface area contributed by atoms with Gasteiger partial charge in [0.1, 0.15) is 6.04 Å². The van der Waals surface area contributed by atoms with Gasteiger partial charge in [0.25, 0.3) is 5.91 Å². The third-order valence-corrected chi connectivity index (χ3v) is 2.35. The number of halogens is 3. The second-order valence-electron chi connectivity index (χ2n) is 3.44. The van der Waals surface area contributed by atoms with Crippen LogP contribution < -0.4 is 10.6 Å². The fourth-order valence-corrected chi connectivity index (χ4v) is 1.52. The molecule has 1 aromatic rings. The molecule has 1 aliphatic rings. The first-order chi connectivity index (χ1) is 8.02. The molecule has 0 aliphatic carbocycles. The van der Waals surface area contributed by atoms with Crippen molar-refractivity contribution in [3.63, 3.8) is 0 Å². The van der Waals surface area contributed by atoms with Crippen molar-refractivity contribution in [1.29, 1.82) is 0 Å². The van der Waals surface area contributed by atoms with Crippen LogP contribution in [0.2, 0.25) is 0 Å². The summed E-state index contributed by atoms with van der Waals surface area (Å²) in [7, 11) is 1.44. The molecule has 0 aromatic heterocycles. The zero-order chi connectivity index (χ0) is 12.6. The van der Waals surface area contributed by atoms with Gasteiger partial charge in [-0.1, -0.05) is 0 Å². The molecule has 1 heterocycles. The van der Waals surface area contributed by atoms with E-state index in [1.807, 2.05) is 0 Å². The van der Waals surface area contributed by atoms with Gasteiger partial charge in [0.05, 0.1) is 0 Å². The number of nitrogens with one attached hydrogen (secondary N) is 2. The predicted molar refractivity (Wildman–Crippen MR) is 53.7 cm³/mol. The maximum absolute atomic E-state index is 13.0. The van der Waals surface area contributed by atoms with Crippen molar-refractivity contribution in [2.45, 2.75) is 6.04 Å². The molecular weight excluding hydrogens is 235 g/mol. The first-order valence-corrected chi connectivity index (χ1v) is 4.71. The number of rotatable bonds is 1. The highest BCUT2D eigenvalue weighted by atomic mass is 19.2. The molecule has 0 spiro atoms. The predicted octanol–water partition coefficient (Wildman–Crippen LogP) is 0.850. The van der Waals surface area contributed by atoms with Gasteiger partial charge in [-0.05, 0) is 17.7 Å². The second-order valence-corrected chi connectivity index (χ2v) is 3.44. The maximum Gasteiger partial charge on any atom is 0.253 e. The van der Waals surface area contributed by atoms with Crippen molar-refractivity contribution in [2.24, 2.45) is 4.99 Å². The fraction of sp³-hybridized carbons (Fsp3) is 0.200. The van der Waals surface area contributed by atoms with Crippen molar-refractivity contribution in [2.75, 3.05) is 7.05 Å². The van der Waals surface area contributed by atoms with Crippen LogP contribution in [0.5, 0.6) is 0 Å². The average Bonchev–Trinajstić information content (AvgIpc) is 2.67. The number of guanidine groups is 1. The molecule has 1 saturated heterocycles. The number of carbonyl (C=O) groups excluding carboxylic acids is 1. The van der Waals surface area contributed by atoms with E-state index in [0.717, 1.165) is 12.1 Å². The minimum absolute atomic E-state index is 0.00227. The summed E-state index contributed by atoms with van der Waals surface area (Å²) in [4.78, 5) is 15.1. The summed E-state index contributed by atoms with van der Waals surface area (Å²) in [6.45, 7) is 0. The summed E-state index contributed by atoms with van der Waals surface area (Å²) < 4.78 is 38.7. The summed E-state index contributed by atoms with van der Waals surface area (Å²) >= 11 is 0. The Hall–Kier alpha value is -2.05. The molecule has 1 aromatic carbocycles. The molecule has 1 aliphatic heterocycles. The number of benzene rings is 1. The molecule has 1 unspecified atom stereocenters. The highest BCUT2D eigenvalue weighted by molar-refractivity contribution is 6.06. The molecule has 1 fully saturated rings. The Morgan fingerprint density at radius 2 is 1.82 bits per heavy atom. The van der Waals surface area contributed by atoms with E-state index >= 15 is 0 Å². The van der Waals surface area contributed by atoms with E-state index in [2.05, 4.69) is 15.6 Å². The Kier molecular flexibility index (Phi) is 2.74. The summed E-state index contributed by atoms with van der Waals surface area (Å²) in [6.07, 6.45) is 0. The average molecular weight is 243 g/mol. The number of nitrogens with zero attached hydrogens (tertiary/aromatic N) is 1. The first kappa shape index (κ1) is 11.4. The van der Waals surface area contributed by atoms with E-state index in [4.69, 9.17) is 0 Å². The number of hydrogen-bond donors (Lipinski definition) is 2. The summed E-state index contributed by atoms with van der Waals surface area (Å²) in [5, 5.41) is 4.98. The lowest BCUT2D eigenvalue weighted by molar-refractivity contribution is -0.120. The Morgan fingerprint density at radius 1 is 1.24 bits per heavy atom. The van der Waals surface area contributed by atoms with Gasteiger partial charge in [-0.2, -0.15) is 0 Å². The monoisotopic (exact) mass is 243 g/mol. The van der Waals surface area contributed by atoms with Crippen LogP contribution in [-0.4, -0.2) is 18.9 Å². The van der Waals surface area contributed by atoms with Crippen molar-refractivity contribution in [1.82, 2.24) is 10.6 Å². The molecule has 4 nitrogen and oxygen atoms in total. The minimum atomic E-state index is -1.56. The van der Waals surface area contributed by atoms with E-state index in [0.29, 0.717) is 0 Å². The fourth-order valence-electron chi connectivity index (χ4n) is 1.52. The van der Waals surface area contributed by atoms with Crippen molar-refractivity contribution < 1.29 is 18.0 Å². The number of aliphatic imine (C=N–C) groups is 1. The van der Waals surface area contributed by atoms with Gasteiger partial charge < -0.3 is 5.32 Å². The Labute approximate surface area is 94.5 Å². The number of amides is 1. The normalized spacial score (nSPS) is 21.5. The highest BCUT2D eigenvalue weighted by Crippen LogP contribution is 2.21. The SMILES string of the molecule is CN=C1NC(=O)C(c2cc(F)c(F)c(F)c2)N1. The smallest absolute Gasteiger partial charge is 0.253 e. The highest BCUT2D eigenvalue weighted by Gasteiger charge is 2.30. The lowest BCUT2D eigenvalue weighted by Gasteiger charge is -2.08. The molecule has 90 valence electrons. The number of hydrogen-bond acceptors (Lipinski definition) is 2. The molecule has 0 saturated carbocycles. The Morgan fingerprint density at radius 3 is 2.29 bits per heavy atom. The van der Waals surface area contributed by atoms with E-state index in [-0.39, 0.29) is 11.5 Å². The van der Waals surface area contributed by atoms with Crippen LogP contribution >= 0.6 is 0 Å². The molecule has 2 rings (SSSR count). The standard InChI is InChI=1S/C10H8F3N3O/c1-14-10-15-8(9(17)16-10)4-2-5(11)7(13)6(12)3-4/h2-3,8H,1H3,(H2,14,15,16,17). The zero-order valence-corrected chi connectivity index (χ0v) is 8.72. The first-order valence-electron chi connectivity index (χ1n) is 4.71. The summed E-state index contributed by atoms with van der Waals surface area (Å²) in [5.41, 5.74) is -0.00227. The van der Waals surface area contributed by atoms with Crippen molar-refractivity contribution in [3.05, 3.63) is 35.1 Å². The van der Waals surface area contributed by atoms with Gasteiger partial charge in [-0.25, -0.2) is 13.2 Å². The molecule has 2 N–H and O–H groups in total. The van der Waals surface area contributed by atoms with Gasteiger partial charge in [0.2, 0.25) is 0 Å².